The lowest BCUT2D eigenvalue weighted by atomic mass is 10.1. The molecule has 1 N–H and O–H groups in total. The van der Waals surface area contributed by atoms with Gasteiger partial charge in [-0.2, -0.15) is 0 Å². The molecule has 0 amide bonds. The molecule has 21 heavy (non-hydrogen) atoms. The average molecular weight is 286 g/mol. The van der Waals surface area contributed by atoms with E-state index in [4.69, 9.17) is 5.11 Å². The number of carbonyl (C=O) groups is 1. The number of aromatic nitrogens is 1. The SMILES string of the molecule is CCN(CC)c1ccc(-n2ccc(C(=O)O)c2C)c(C)c1. The van der Waals surface area contributed by atoms with Crippen molar-refractivity contribution in [2.75, 3.05) is 18.0 Å². The van der Waals surface area contributed by atoms with Crippen LogP contribution >= 0.6 is 0 Å². The molecule has 0 aliphatic carbocycles. The van der Waals surface area contributed by atoms with E-state index in [0.717, 1.165) is 30.0 Å². The predicted molar refractivity (Wildman–Crippen MR) is 85.8 cm³/mol. The third kappa shape index (κ3) is 2.79. The molecular formula is C17H22N2O2. The summed E-state index contributed by atoms with van der Waals surface area (Å²) < 4.78 is 1.94. The molecule has 1 aromatic carbocycles. The van der Waals surface area contributed by atoms with Crippen molar-refractivity contribution in [3.05, 3.63) is 47.3 Å². The second kappa shape index (κ2) is 6.04. The Balaban J connectivity index is 2.44. The summed E-state index contributed by atoms with van der Waals surface area (Å²) in [5.41, 5.74) is 4.46. The first-order valence-corrected chi connectivity index (χ1v) is 7.26. The van der Waals surface area contributed by atoms with Crippen LogP contribution in [0.5, 0.6) is 0 Å². The fourth-order valence-corrected chi connectivity index (χ4v) is 2.69. The van der Waals surface area contributed by atoms with Crippen molar-refractivity contribution in [1.82, 2.24) is 4.57 Å². The fraction of sp³-hybridized carbons (Fsp3) is 0.353. The van der Waals surface area contributed by atoms with Gasteiger partial charge in [0.05, 0.1) is 5.56 Å². The molecule has 0 aliphatic rings. The van der Waals surface area contributed by atoms with Crippen molar-refractivity contribution in [3.63, 3.8) is 0 Å². The quantitative estimate of drug-likeness (QED) is 0.912. The molecule has 0 spiro atoms. The smallest absolute Gasteiger partial charge is 0.337 e. The Bertz CT molecular complexity index is 655. The first-order valence-electron chi connectivity index (χ1n) is 7.26. The number of carboxylic acids is 1. The summed E-state index contributed by atoms with van der Waals surface area (Å²) in [5, 5.41) is 9.16. The van der Waals surface area contributed by atoms with Crippen LogP contribution in [-0.2, 0) is 0 Å². The average Bonchev–Trinajstić information content (AvgIpc) is 2.82. The van der Waals surface area contributed by atoms with Crippen LogP contribution in [0.4, 0.5) is 5.69 Å². The minimum absolute atomic E-state index is 0.349. The predicted octanol–water partition coefficient (Wildman–Crippen LogP) is 3.64. The van der Waals surface area contributed by atoms with Crippen molar-refractivity contribution < 1.29 is 9.90 Å². The number of hydrogen-bond acceptors (Lipinski definition) is 2. The van der Waals surface area contributed by atoms with E-state index in [2.05, 4.69) is 43.9 Å². The van der Waals surface area contributed by atoms with Gasteiger partial charge in [0.1, 0.15) is 0 Å². The molecule has 0 saturated carbocycles. The van der Waals surface area contributed by atoms with Gasteiger partial charge < -0.3 is 14.6 Å². The Labute approximate surface area is 125 Å². The highest BCUT2D eigenvalue weighted by Gasteiger charge is 2.14. The minimum Gasteiger partial charge on any atom is -0.478 e. The lowest BCUT2D eigenvalue weighted by Crippen LogP contribution is -2.21. The molecule has 0 atom stereocenters. The van der Waals surface area contributed by atoms with Gasteiger partial charge in [-0.15, -0.1) is 0 Å². The van der Waals surface area contributed by atoms with Gasteiger partial charge in [0.25, 0.3) is 0 Å². The van der Waals surface area contributed by atoms with E-state index in [0.29, 0.717) is 5.56 Å². The molecule has 2 aromatic rings. The maximum absolute atomic E-state index is 11.2. The Morgan fingerprint density at radius 2 is 1.86 bits per heavy atom. The first-order chi connectivity index (χ1) is 9.99. The summed E-state index contributed by atoms with van der Waals surface area (Å²) in [6, 6.07) is 7.95. The van der Waals surface area contributed by atoms with E-state index in [1.54, 1.807) is 6.07 Å². The van der Waals surface area contributed by atoms with E-state index in [9.17, 15) is 4.79 Å². The first kappa shape index (κ1) is 15.2. The van der Waals surface area contributed by atoms with Crippen LogP contribution in [0.25, 0.3) is 5.69 Å². The molecule has 0 aliphatic heterocycles. The number of anilines is 1. The number of rotatable bonds is 5. The van der Waals surface area contributed by atoms with Gasteiger partial charge in [-0.05, 0) is 57.5 Å². The van der Waals surface area contributed by atoms with Crippen LogP contribution in [0.1, 0.15) is 35.5 Å². The van der Waals surface area contributed by atoms with Gasteiger partial charge in [0.15, 0.2) is 0 Å². The molecule has 4 nitrogen and oxygen atoms in total. The van der Waals surface area contributed by atoms with Crippen LogP contribution in [-0.4, -0.2) is 28.7 Å². The minimum atomic E-state index is -0.885. The van der Waals surface area contributed by atoms with Crippen LogP contribution < -0.4 is 4.90 Å². The van der Waals surface area contributed by atoms with Crippen LogP contribution in [0.2, 0.25) is 0 Å². The molecule has 2 rings (SSSR count). The van der Waals surface area contributed by atoms with Crippen molar-refractivity contribution in [2.24, 2.45) is 0 Å². The Morgan fingerprint density at radius 3 is 2.33 bits per heavy atom. The molecule has 0 saturated heterocycles. The molecule has 1 aromatic heterocycles. The van der Waals surface area contributed by atoms with Gasteiger partial charge in [0.2, 0.25) is 0 Å². The maximum atomic E-state index is 11.2. The monoisotopic (exact) mass is 286 g/mol. The summed E-state index contributed by atoms with van der Waals surface area (Å²) in [4.78, 5) is 13.4. The lowest BCUT2D eigenvalue weighted by Gasteiger charge is -2.22. The Hall–Kier alpha value is -2.23. The number of carboxylic acid groups (broad SMARTS) is 1. The zero-order chi connectivity index (χ0) is 15.6. The molecule has 0 radical (unpaired) electrons. The third-order valence-corrected chi connectivity index (χ3v) is 3.94. The number of aromatic carboxylic acids is 1. The lowest BCUT2D eigenvalue weighted by molar-refractivity contribution is 0.0696. The highest BCUT2D eigenvalue weighted by atomic mass is 16.4. The van der Waals surface area contributed by atoms with Gasteiger partial charge in [-0.25, -0.2) is 4.79 Å². The zero-order valence-corrected chi connectivity index (χ0v) is 13.1. The number of hydrogen-bond donors (Lipinski definition) is 1. The molecule has 0 fully saturated rings. The van der Waals surface area contributed by atoms with Crippen molar-refractivity contribution in [3.8, 4) is 5.69 Å². The topological polar surface area (TPSA) is 45.5 Å². The standard InChI is InChI=1S/C17H22N2O2/c1-5-18(6-2)14-7-8-16(12(3)11-14)19-10-9-15(13(19)4)17(20)21/h7-11H,5-6H2,1-4H3,(H,20,21). The van der Waals surface area contributed by atoms with E-state index in [-0.39, 0.29) is 0 Å². The summed E-state index contributed by atoms with van der Waals surface area (Å²) >= 11 is 0. The molecule has 4 heteroatoms. The zero-order valence-electron chi connectivity index (χ0n) is 13.1. The van der Waals surface area contributed by atoms with Crippen LogP contribution in [0.3, 0.4) is 0 Å². The molecule has 0 unspecified atom stereocenters. The Kier molecular flexibility index (Phi) is 4.36. The highest BCUT2D eigenvalue weighted by molar-refractivity contribution is 5.89. The van der Waals surface area contributed by atoms with Crippen molar-refractivity contribution in [2.45, 2.75) is 27.7 Å². The number of nitrogens with zero attached hydrogens (tertiary/aromatic N) is 2. The fourth-order valence-electron chi connectivity index (χ4n) is 2.69. The highest BCUT2D eigenvalue weighted by Crippen LogP contribution is 2.24. The molecule has 1 heterocycles. The summed E-state index contributed by atoms with van der Waals surface area (Å²) in [7, 11) is 0. The van der Waals surface area contributed by atoms with E-state index in [1.165, 1.54) is 5.69 Å². The van der Waals surface area contributed by atoms with Crippen LogP contribution in [0, 0.1) is 13.8 Å². The second-order valence-electron chi connectivity index (χ2n) is 5.13. The van der Waals surface area contributed by atoms with Gasteiger partial charge >= 0.3 is 5.97 Å². The van der Waals surface area contributed by atoms with Gasteiger partial charge in [-0.1, -0.05) is 0 Å². The largest absolute Gasteiger partial charge is 0.478 e. The summed E-state index contributed by atoms with van der Waals surface area (Å²) in [6.45, 7) is 10.1. The number of benzene rings is 1. The van der Waals surface area contributed by atoms with E-state index >= 15 is 0 Å². The Morgan fingerprint density at radius 1 is 1.19 bits per heavy atom. The van der Waals surface area contributed by atoms with E-state index < -0.39 is 5.97 Å². The number of aryl methyl sites for hydroxylation is 1. The maximum Gasteiger partial charge on any atom is 0.337 e. The van der Waals surface area contributed by atoms with Crippen molar-refractivity contribution >= 4 is 11.7 Å². The molecule has 0 bridgehead atoms. The van der Waals surface area contributed by atoms with Crippen LogP contribution in [0.15, 0.2) is 30.5 Å². The third-order valence-electron chi connectivity index (χ3n) is 3.94. The van der Waals surface area contributed by atoms with Gasteiger partial charge in [-0.3, -0.25) is 0 Å². The van der Waals surface area contributed by atoms with Gasteiger partial charge in [0, 0.05) is 36.4 Å². The van der Waals surface area contributed by atoms with Crippen molar-refractivity contribution in [1.29, 1.82) is 0 Å². The normalized spacial score (nSPS) is 10.7. The van der Waals surface area contributed by atoms with E-state index in [1.807, 2.05) is 17.7 Å². The second-order valence-corrected chi connectivity index (χ2v) is 5.13. The summed E-state index contributed by atoms with van der Waals surface area (Å²) in [6.07, 6.45) is 1.82. The molecular weight excluding hydrogens is 264 g/mol. The molecule has 112 valence electrons. The summed E-state index contributed by atoms with van der Waals surface area (Å²) in [5.74, 6) is -0.885.